The van der Waals surface area contributed by atoms with E-state index in [1.807, 2.05) is 7.05 Å². The normalized spacial score (nSPS) is 17.9. The summed E-state index contributed by atoms with van der Waals surface area (Å²) >= 11 is 0. The van der Waals surface area contributed by atoms with E-state index in [2.05, 4.69) is 76.5 Å². The second-order valence-corrected chi connectivity index (χ2v) is 7.99. The highest BCUT2D eigenvalue weighted by Gasteiger charge is 2.16. The molecule has 0 amide bonds. The lowest BCUT2D eigenvalue weighted by atomic mass is 10.1. The number of unbranched alkanes of at least 4 members (excludes halogenated alkanes) is 1. The molecule has 1 aromatic rings. The number of aliphatic imine (C=N–C) groups is 1. The van der Waals surface area contributed by atoms with E-state index in [0.717, 1.165) is 19.0 Å². The fraction of sp³-hybridized carbons (Fsp3) is 0.682. The number of hydrogen-bond donors (Lipinski definition) is 2. The van der Waals surface area contributed by atoms with Gasteiger partial charge in [0.2, 0.25) is 0 Å². The minimum absolute atomic E-state index is 0.434. The van der Waals surface area contributed by atoms with E-state index in [9.17, 15) is 0 Å². The van der Waals surface area contributed by atoms with Crippen molar-refractivity contribution >= 4 is 5.96 Å². The minimum atomic E-state index is 0.434. The lowest BCUT2D eigenvalue weighted by Gasteiger charge is -2.34. The maximum atomic E-state index is 4.32. The van der Waals surface area contributed by atoms with Crippen LogP contribution in [-0.4, -0.2) is 68.1 Å². The maximum Gasteiger partial charge on any atom is 0.191 e. The fourth-order valence-electron chi connectivity index (χ4n) is 3.26. The SMILES string of the molecule is CN=C(NCCCCN1CCN(Cc2ccccc2)CC1)NC(C)C(C)C. The predicted molar refractivity (Wildman–Crippen MR) is 116 cm³/mol. The van der Waals surface area contributed by atoms with Crippen molar-refractivity contribution in [3.05, 3.63) is 35.9 Å². The van der Waals surface area contributed by atoms with Crippen molar-refractivity contribution in [3.63, 3.8) is 0 Å². The molecule has 0 bridgehead atoms. The highest BCUT2D eigenvalue weighted by molar-refractivity contribution is 5.79. The fourth-order valence-corrected chi connectivity index (χ4v) is 3.26. The third kappa shape index (κ3) is 8.31. The van der Waals surface area contributed by atoms with Crippen molar-refractivity contribution in [1.29, 1.82) is 0 Å². The summed E-state index contributed by atoms with van der Waals surface area (Å²) in [5, 5.41) is 6.89. The molecule has 1 atom stereocenters. The molecular formula is C22H39N5. The molecule has 0 spiro atoms. The smallest absolute Gasteiger partial charge is 0.191 e. The first-order valence-electron chi connectivity index (χ1n) is 10.5. The molecule has 1 aromatic carbocycles. The Morgan fingerprint density at radius 1 is 1.00 bits per heavy atom. The van der Waals surface area contributed by atoms with Crippen LogP contribution < -0.4 is 10.6 Å². The van der Waals surface area contributed by atoms with E-state index in [0.29, 0.717) is 12.0 Å². The molecule has 1 aliphatic rings. The molecule has 1 heterocycles. The Morgan fingerprint density at radius 3 is 2.30 bits per heavy atom. The molecule has 1 unspecified atom stereocenters. The van der Waals surface area contributed by atoms with Gasteiger partial charge in [0.15, 0.2) is 5.96 Å². The van der Waals surface area contributed by atoms with Gasteiger partial charge in [0, 0.05) is 52.4 Å². The van der Waals surface area contributed by atoms with Crippen molar-refractivity contribution in [2.45, 2.75) is 46.2 Å². The van der Waals surface area contributed by atoms with Gasteiger partial charge < -0.3 is 15.5 Å². The van der Waals surface area contributed by atoms with E-state index in [1.165, 1.54) is 51.1 Å². The summed E-state index contributed by atoms with van der Waals surface area (Å²) in [4.78, 5) is 9.49. The second kappa shape index (κ2) is 12.0. The molecule has 0 aromatic heterocycles. The molecule has 152 valence electrons. The van der Waals surface area contributed by atoms with Gasteiger partial charge in [-0.3, -0.25) is 9.89 Å². The summed E-state index contributed by atoms with van der Waals surface area (Å²) in [7, 11) is 1.84. The van der Waals surface area contributed by atoms with Crippen LogP contribution in [0.2, 0.25) is 0 Å². The topological polar surface area (TPSA) is 42.9 Å². The highest BCUT2D eigenvalue weighted by atomic mass is 15.3. The van der Waals surface area contributed by atoms with Gasteiger partial charge in [0.1, 0.15) is 0 Å². The molecular weight excluding hydrogens is 334 g/mol. The van der Waals surface area contributed by atoms with Gasteiger partial charge in [-0.2, -0.15) is 0 Å². The predicted octanol–water partition coefficient (Wildman–Crippen LogP) is 2.79. The zero-order chi connectivity index (χ0) is 19.5. The molecule has 1 aliphatic heterocycles. The average molecular weight is 374 g/mol. The summed E-state index contributed by atoms with van der Waals surface area (Å²) in [5.41, 5.74) is 1.42. The maximum absolute atomic E-state index is 4.32. The number of hydrogen-bond acceptors (Lipinski definition) is 3. The molecule has 0 aliphatic carbocycles. The van der Waals surface area contributed by atoms with Crippen LogP contribution in [-0.2, 0) is 6.54 Å². The number of rotatable bonds is 9. The molecule has 5 nitrogen and oxygen atoms in total. The monoisotopic (exact) mass is 373 g/mol. The van der Waals surface area contributed by atoms with Crippen LogP contribution in [0.15, 0.2) is 35.3 Å². The Morgan fingerprint density at radius 2 is 1.67 bits per heavy atom. The summed E-state index contributed by atoms with van der Waals surface area (Å²) in [6.07, 6.45) is 2.42. The van der Waals surface area contributed by atoms with Crippen LogP contribution in [0, 0.1) is 5.92 Å². The third-order valence-corrected chi connectivity index (χ3v) is 5.50. The van der Waals surface area contributed by atoms with Crippen LogP contribution >= 0.6 is 0 Å². The molecule has 2 N–H and O–H groups in total. The van der Waals surface area contributed by atoms with E-state index >= 15 is 0 Å². The molecule has 1 fully saturated rings. The van der Waals surface area contributed by atoms with Crippen molar-refractivity contribution in [3.8, 4) is 0 Å². The number of nitrogens with one attached hydrogen (secondary N) is 2. The Balaban J connectivity index is 1.54. The van der Waals surface area contributed by atoms with Gasteiger partial charge in [0.05, 0.1) is 0 Å². The number of guanidine groups is 1. The lowest BCUT2D eigenvalue weighted by Crippen LogP contribution is -2.46. The highest BCUT2D eigenvalue weighted by Crippen LogP contribution is 2.09. The first kappa shape index (κ1) is 21.7. The van der Waals surface area contributed by atoms with Gasteiger partial charge in [-0.25, -0.2) is 0 Å². The summed E-state index contributed by atoms with van der Waals surface area (Å²) in [5.74, 6) is 1.52. The minimum Gasteiger partial charge on any atom is -0.356 e. The van der Waals surface area contributed by atoms with Gasteiger partial charge >= 0.3 is 0 Å². The summed E-state index contributed by atoms with van der Waals surface area (Å²) in [6.45, 7) is 14.7. The Labute approximate surface area is 166 Å². The number of benzene rings is 1. The van der Waals surface area contributed by atoms with Crippen molar-refractivity contribution in [2.24, 2.45) is 10.9 Å². The van der Waals surface area contributed by atoms with Crippen LogP contribution in [0.5, 0.6) is 0 Å². The number of piperazine rings is 1. The molecule has 0 radical (unpaired) electrons. The first-order chi connectivity index (χ1) is 13.1. The first-order valence-corrected chi connectivity index (χ1v) is 10.5. The third-order valence-electron chi connectivity index (χ3n) is 5.50. The van der Waals surface area contributed by atoms with E-state index in [4.69, 9.17) is 0 Å². The lowest BCUT2D eigenvalue weighted by molar-refractivity contribution is 0.126. The standard InChI is InChI=1S/C22H39N5/c1-19(2)20(3)25-22(23-4)24-12-8-9-13-26-14-16-27(17-15-26)18-21-10-6-5-7-11-21/h5-7,10-11,19-20H,8-9,12-18H2,1-4H3,(H2,23,24,25). The van der Waals surface area contributed by atoms with Crippen LogP contribution in [0.3, 0.4) is 0 Å². The zero-order valence-electron chi connectivity index (χ0n) is 17.7. The van der Waals surface area contributed by atoms with Crippen molar-refractivity contribution < 1.29 is 0 Å². The Bertz CT molecular complexity index is 535. The van der Waals surface area contributed by atoms with Gasteiger partial charge in [0.25, 0.3) is 0 Å². The molecule has 27 heavy (non-hydrogen) atoms. The average Bonchev–Trinajstić information content (AvgIpc) is 2.68. The second-order valence-electron chi connectivity index (χ2n) is 7.99. The van der Waals surface area contributed by atoms with Gasteiger partial charge in [-0.15, -0.1) is 0 Å². The quantitative estimate of drug-likeness (QED) is 0.397. The van der Waals surface area contributed by atoms with Gasteiger partial charge in [-0.1, -0.05) is 44.2 Å². The van der Waals surface area contributed by atoms with Gasteiger partial charge in [-0.05, 0) is 37.8 Å². The van der Waals surface area contributed by atoms with Crippen molar-refractivity contribution in [1.82, 2.24) is 20.4 Å². The van der Waals surface area contributed by atoms with Crippen LogP contribution in [0.25, 0.3) is 0 Å². The number of nitrogens with zero attached hydrogens (tertiary/aromatic N) is 3. The summed E-state index contributed by atoms with van der Waals surface area (Å²) in [6, 6.07) is 11.2. The van der Waals surface area contributed by atoms with E-state index in [-0.39, 0.29) is 0 Å². The van der Waals surface area contributed by atoms with E-state index < -0.39 is 0 Å². The Hall–Kier alpha value is -1.59. The zero-order valence-corrected chi connectivity index (χ0v) is 17.7. The molecule has 1 saturated heterocycles. The largest absolute Gasteiger partial charge is 0.356 e. The van der Waals surface area contributed by atoms with Crippen molar-refractivity contribution in [2.75, 3.05) is 46.3 Å². The van der Waals surface area contributed by atoms with E-state index in [1.54, 1.807) is 0 Å². The van der Waals surface area contributed by atoms with Crippen LogP contribution in [0.1, 0.15) is 39.2 Å². The molecule has 5 heteroatoms. The van der Waals surface area contributed by atoms with Crippen LogP contribution in [0.4, 0.5) is 0 Å². The molecule has 2 rings (SSSR count). The molecule has 0 saturated carbocycles. The summed E-state index contributed by atoms with van der Waals surface area (Å²) < 4.78 is 0. The Kier molecular flexibility index (Phi) is 9.64.